The van der Waals surface area contributed by atoms with Crippen molar-refractivity contribution >= 4 is 6.09 Å². The largest absolute Gasteiger partial charge is 0.445 e. The maximum absolute atomic E-state index is 12.6. The third kappa shape index (κ3) is 3.79. The Kier molecular flexibility index (Phi) is 4.92. The number of hydrogen-bond acceptors (Lipinski definition) is 4. The van der Waals surface area contributed by atoms with Gasteiger partial charge in [-0.3, -0.25) is 4.90 Å². The number of ether oxygens (including phenoxy) is 2. The van der Waals surface area contributed by atoms with Crippen molar-refractivity contribution in [3.63, 3.8) is 0 Å². The van der Waals surface area contributed by atoms with Crippen LogP contribution in [0.25, 0.3) is 0 Å². The molecule has 2 aliphatic heterocycles. The van der Waals surface area contributed by atoms with Crippen LogP contribution in [0, 0.1) is 0 Å². The Bertz CT molecular complexity index is 587. The predicted molar refractivity (Wildman–Crippen MR) is 90.5 cm³/mol. The molecule has 0 radical (unpaired) electrons. The fraction of sp³-hybridized carbons (Fsp3) is 0.526. The van der Waals surface area contributed by atoms with E-state index in [0.29, 0.717) is 32.5 Å². The monoisotopic (exact) mass is 331 g/mol. The zero-order chi connectivity index (χ0) is 17.2. The molecule has 5 heteroatoms. The van der Waals surface area contributed by atoms with Crippen LogP contribution in [-0.4, -0.2) is 47.0 Å². The molecular weight excluding hydrogens is 306 g/mol. The number of amides is 1. The molecule has 0 saturated carbocycles. The lowest BCUT2D eigenvalue weighted by molar-refractivity contribution is -0.132. The van der Waals surface area contributed by atoms with Gasteiger partial charge in [0.05, 0.1) is 30.9 Å². The summed E-state index contributed by atoms with van der Waals surface area (Å²) >= 11 is 0. The summed E-state index contributed by atoms with van der Waals surface area (Å²) in [6, 6.07) is 9.34. The zero-order valence-corrected chi connectivity index (χ0v) is 14.1. The Labute approximate surface area is 142 Å². The van der Waals surface area contributed by atoms with Crippen molar-refractivity contribution in [2.75, 3.05) is 13.2 Å². The lowest BCUT2D eigenvalue weighted by Crippen LogP contribution is -2.63. The second-order valence-electron chi connectivity index (χ2n) is 7.06. The molecule has 2 aliphatic rings. The van der Waals surface area contributed by atoms with Gasteiger partial charge in [-0.1, -0.05) is 35.9 Å². The SMILES string of the molecule is C=C(C)CC1(O)CC2COCC(C1)N2C(=O)OCc1ccccc1. The van der Waals surface area contributed by atoms with Gasteiger partial charge in [-0.15, -0.1) is 6.58 Å². The van der Waals surface area contributed by atoms with E-state index >= 15 is 0 Å². The first-order valence-corrected chi connectivity index (χ1v) is 8.40. The molecule has 2 heterocycles. The summed E-state index contributed by atoms with van der Waals surface area (Å²) in [4.78, 5) is 14.3. The van der Waals surface area contributed by atoms with Crippen LogP contribution in [0.15, 0.2) is 42.5 Å². The molecule has 130 valence electrons. The molecule has 3 rings (SSSR count). The average Bonchev–Trinajstić information content (AvgIpc) is 2.51. The van der Waals surface area contributed by atoms with Crippen molar-refractivity contribution < 1.29 is 19.4 Å². The van der Waals surface area contributed by atoms with E-state index in [0.717, 1.165) is 11.1 Å². The van der Waals surface area contributed by atoms with Gasteiger partial charge >= 0.3 is 6.09 Å². The van der Waals surface area contributed by atoms with Crippen LogP contribution in [0.3, 0.4) is 0 Å². The van der Waals surface area contributed by atoms with Gasteiger partial charge in [0.2, 0.25) is 0 Å². The first-order chi connectivity index (χ1) is 11.5. The Hall–Kier alpha value is -1.85. The molecule has 0 aliphatic carbocycles. The Morgan fingerprint density at radius 1 is 1.33 bits per heavy atom. The number of benzene rings is 1. The minimum atomic E-state index is -0.804. The summed E-state index contributed by atoms with van der Waals surface area (Å²) in [6.45, 7) is 6.97. The minimum Gasteiger partial charge on any atom is -0.445 e. The Morgan fingerprint density at radius 2 is 1.96 bits per heavy atom. The van der Waals surface area contributed by atoms with Crippen LogP contribution >= 0.6 is 0 Å². The number of carbonyl (C=O) groups is 1. The smallest absolute Gasteiger partial charge is 0.410 e. The van der Waals surface area contributed by atoms with Gasteiger partial charge in [-0.25, -0.2) is 4.79 Å². The summed E-state index contributed by atoms with van der Waals surface area (Å²) in [5.74, 6) is 0. The van der Waals surface area contributed by atoms with Gasteiger partial charge in [0.25, 0.3) is 0 Å². The van der Waals surface area contributed by atoms with Crippen molar-refractivity contribution in [2.24, 2.45) is 0 Å². The molecule has 5 nitrogen and oxygen atoms in total. The molecular formula is C19H25NO4. The topological polar surface area (TPSA) is 59.0 Å². The maximum atomic E-state index is 12.6. The molecule has 0 spiro atoms. The Morgan fingerprint density at radius 3 is 2.54 bits per heavy atom. The normalized spacial score (nSPS) is 29.2. The third-order valence-corrected chi connectivity index (χ3v) is 4.69. The van der Waals surface area contributed by atoms with E-state index in [1.807, 2.05) is 37.3 Å². The van der Waals surface area contributed by atoms with Crippen molar-refractivity contribution in [1.82, 2.24) is 4.90 Å². The molecule has 2 fully saturated rings. The fourth-order valence-corrected chi connectivity index (χ4v) is 3.87. The highest BCUT2D eigenvalue weighted by Gasteiger charge is 2.48. The van der Waals surface area contributed by atoms with Crippen LogP contribution in [0.4, 0.5) is 4.79 Å². The van der Waals surface area contributed by atoms with Gasteiger partial charge in [-0.05, 0) is 31.7 Å². The highest BCUT2D eigenvalue weighted by Crippen LogP contribution is 2.38. The lowest BCUT2D eigenvalue weighted by atomic mass is 9.78. The molecule has 1 aromatic carbocycles. The molecule has 2 bridgehead atoms. The van der Waals surface area contributed by atoms with Crippen LogP contribution < -0.4 is 0 Å². The molecule has 2 saturated heterocycles. The molecule has 0 aromatic heterocycles. The number of carbonyl (C=O) groups excluding carboxylic acids is 1. The van der Waals surface area contributed by atoms with E-state index in [9.17, 15) is 9.90 Å². The summed E-state index contributed by atoms with van der Waals surface area (Å²) in [6.07, 6.45) is 1.23. The van der Waals surface area contributed by atoms with E-state index < -0.39 is 5.60 Å². The van der Waals surface area contributed by atoms with Crippen molar-refractivity contribution in [3.05, 3.63) is 48.0 Å². The first kappa shape index (κ1) is 17.0. The number of nitrogens with zero attached hydrogens (tertiary/aromatic N) is 1. The molecule has 1 aromatic rings. The minimum absolute atomic E-state index is 0.148. The number of morpholine rings is 1. The second kappa shape index (κ2) is 6.95. The van der Waals surface area contributed by atoms with Crippen LogP contribution in [0.5, 0.6) is 0 Å². The molecule has 1 N–H and O–H groups in total. The van der Waals surface area contributed by atoms with Crippen molar-refractivity contribution in [3.8, 4) is 0 Å². The number of hydrogen-bond donors (Lipinski definition) is 1. The van der Waals surface area contributed by atoms with Crippen LogP contribution in [0.2, 0.25) is 0 Å². The highest BCUT2D eigenvalue weighted by molar-refractivity contribution is 5.69. The standard InChI is InChI=1S/C19H25NO4/c1-14(2)8-19(22)9-16-12-23-13-17(10-19)20(16)18(21)24-11-15-6-4-3-5-7-15/h3-7,16-17,22H,1,8-13H2,2H3. The van der Waals surface area contributed by atoms with Crippen molar-refractivity contribution in [2.45, 2.75) is 50.5 Å². The first-order valence-electron chi connectivity index (χ1n) is 8.40. The lowest BCUT2D eigenvalue weighted by Gasteiger charge is -2.51. The highest BCUT2D eigenvalue weighted by atomic mass is 16.6. The Balaban J connectivity index is 1.65. The third-order valence-electron chi connectivity index (χ3n) is 4.69. The van der Waals surface area contributed by atoms with E-state index in [1.54, 1.807) is 4.90 Å². The molecule has 24 heavy (non-hydrogen) atoms. The zero-order valence-electron chi connectivity index (χ0n) is 14.1. The van der Waals surface area contributed by atoms with Gasteiger partial charge in [0.1, 0.15) is 6.61 Å². The van der Waals surface area contributed by atoms with E-state index in [1.165, 1.54) is 0 Å². The number of fused-ring (bicyclic) bond motifs is 2. The molecule has 2 unspecified atom stereocenters. The van der Waals surface area contributed by atoms with Crippen LogP contribution in [0.1, 0.15) is 31.7 Å². The summed E-state index contributed by atoms with van der Waals surface area (Å²) < 4.78 is 11.1. The van der Waals surface area contributed by atoms with E-state index in [4.69, 9.17) is 9.47 Å². The molecule has 2 atom stereocenters. The summed E-state index contributed by atoms with van der Waals surface area (Å²) in [5.41, 5.74) is 1.11. The van der Waals surface area contributed by atoms with Gasteiger partial charge in [0.15, 0.2) is 0 Å². The van der Waals surface area contributed by atoms with E-state index in [-0.39, 0.29) is 24.8 Å². The van der Waals surface area contributed by atoms with Gasteiger partial charge in [-0.2, -0.15) is 0 Å². The van der Waals surface area contributed by atoms with E-state index in [2.05, 4.69) is 6.58 Å². The summed E-state index contributed by atoms with van der Waals surface area (Å²) in [5, 5.41) is 10.9. The quantitative estimate of drug-likeness (QED) is 0.862. The average molecular weight is 331 g/mol. The van der Waals surface area contributed by atoms with Gasteiger partial charge in [0, 0.05) is 0 Å². The van der Waals surface area contributed by atoms with Crippen LogP contribution in [-0.2, 0) is 16.1 Å². The number of aliphatic hydroxyl groups is 1. The van der Waals surface area contributed by atoms with Gasteiger partial charge < -0.3 is 14.6 Å². The predicted octanol–water partition coefficient (Wildman–Crippen LogP) is 2.88. The molecule has 1 amide bonds. The maximum Gasteiger partial charge on any atom is 0.410 e. The van der Waals surface area contributed by atoms with Crippen molar-refractivity contribution in [1.29, 1.82) is 0 Å². The summed E-state index contributed by atoms with van der Waals surface area (Å²) in [7, 11) is 0. The fourth-order valence-electron chi connectivity index (χ4n) is 3.87. The number of piperidine rings is 1. The second-order valence-corrected chi connectivity index (χ2v) is 7.06. The number of rotatable bonds is 4.